The molecular formula is C23H24N2O. The van der Waals surface area contributed by atoms with E-state index in [-0.39, 0.29) is 5.91 Å². The fourth-order valence-corrected chi connectivity index (χ4v) is 3.79. The lowest BCUT2D eigenvalue weighted by molar-refractivity contribution is 0.0754. The highest BCUT2D eigenvalue weighted by Gasteiger charge is 2.23. The van der Waals surface area contributed by atoms with E-state index in [1.54, 1.807) is 0 Å². The van der Waals surface area contributed by atoms with E-state index in [0.717, 1.165) is 37.2 Å². The second-order valence-electron chi connectivity index (χ2n) is 6.99. The Kier molecular flexibility index (Phi) is 4.87. The molecule has 2 aromatic carbocycles. The maximum absolute atomic E-state index is 13.0. The molecule has 1 atom stereocenters. The number of carbonyl (C=O) groups is 1. The van der Waals surface area contributed by atoms with Crippen molar-refractivity contribution in [3.8, 4) is 5.69 Å². The number of benzene rings is 2. The van der Waals surface area contributed by atoms with Crippen LogP contribution in [0.3, 0.4) is 0 Å². The Bertz CT molecular complexity index is 838. The molecule has 3 nitrogen and oxygen atoms in total. The van der Waals surface area contributed by atoms with Crippen LogP contribution in [0.4, 0.5) is 0 Å². The van der Waals surface area contributed by atoms with Crippen LogP contribution in [-0.2, 0) is 0 Å². The van der Waals surface area contributed by atoms with Crippen LogP contribution in [-0.4, -0.2) is 28.5 Å². The molecule has 0 aliphatic carbocycles. The minimum atomic E-state index is 0.145. The van der Waals surface area contributed by atoms with Gasteiger partial charge in [0.25, 0.3) is 5.91 Å². The molecular weight excluding hydrogens is 320 g/mol. The Hall–Kier alpha value is -2.81. The van der Waals surface area contributed by atoms with Gasteiger partial charge in [-0.1, -0.05) is 36.8 Å². The first-order chi connectivity index (χ1) is 12.8. The van der Waals surface area contributed by atoms with Crippen LogP contribution in [0.2, 0.25) is 0 Å². The zero-order valence-corrected chi connectivity index (χ0v) is 14.9. The molecule has 1 saturated heterocycles. The van der Waals surface area contributed by atoms with Crippen molar-refractivity contribution in [3.05, 3.63) is 90.3 Å². The Morgan fingerprint density at radius 2 is 1.58 bits per heavy atom. The molecule has 4 rings (SSSR count). The smallest absolute Gasteiger partial charge is 0.253 e. The topological polar surface area (TPSA) is 25.2 Å². The van der Waals surface area contributed by atoms with Crippen LogP contribution in [0.15, 0.2) is 79.1 Å². The Balaban J connectivity index is 1.51. The third kappa shape index (κ3) is 3.57. The highest BCUT2D eigenvalue weighted by molar-refractivity contribution is 5.94. The van der Waals surface area contributed by atoms with Gasteiger partial charge in [-0.2, -0.15) is 0 Å². The molecule has 0 spiro atoms. The van der Waals surface area contributed by atoms with Gasteiger partial charge in [0.05, 0.1) is 0 Å². The number of likely N-dealkylation sites (tertiary alicyclic amines) is 1. The highest BCUT2D eigenvalue weighted by atomic mass is 16.2. The van der Waals surface area contributed by atoms with Crippen LogP contribution >= 0.6 is 0 Å². The van der Waals surface area contributed by atoms with E-state index in [2.05, 4.69) is 30.3 Å². The average Bonchev–Trinajstić information content (AvgIpc) is 3.13. The molecule has 3 aromatic rings. The second kappa shape index (κ2) is 7.61. The van der Waals surface area contributed by atoms with Gasteiger partial charge in [-0.15, -0.1) is 0 Å². The Morgan fingerprint density at radius 1 is 0.846 bits per heavy atom. The molecule has 0 bridgehead atoms. The van der Waals surface area contributed by atoms with E-state index in [1.807, 2.05) is 58.3 Å². The van der Waals surface area contributed by atoms with E-state index in [1.165, 1.54) is 12.0 Å². The normalized spacial score (nSPS) is 17.7. The predicted molar refractivity (Wildman–Crippen MR) is 105 cm³/mol. The monoisotopic (exact) mass is 344 g/mol. The molecule has 2 heterocycles. The Labute approximate surface area is 154 Å². The Morgan fingerprint density at radius 3 is 2.31 bits per heavy atom. The summed E-state index contributed by atoms with van der Waals surface area (Å²) in [6.07, 6.45) is 7.43. The number of hydrogen-bond donors (Lipinski definition) is 0. The van der Waals surface area contributed by atoms with Gasteiger partial charge in [-0.05, 0) is 54.8 Å². The molecule has 1 fully saturated rings. The minimum absolute atomic E-state index is 0.145. The van der Waals surface area contributed by atoms with Crippen LogP contribution in [0.25, 0.3) is 5.69 Å². The van der Waals surface area contributed by atoms with E-state index < -0.39 is 0 Å². The van der Waals surface area contributed by atoms with Crippen molar-refractivity contribution in [2.45, 2.75) is 25.2 Å². The van der Waals surface area contributed by atoms with E-state index in [0.29, 0.717) is 5.92 Å². The van der Waals surface area contributed by atoms with Crippen molar-refractivity contribution in [3.63, 3.8) is 0 Å². The molecule has 3 heteroatoms. The molecule has 132 valence electrons. The van der Waals surface area contributed by atoms with Gasteiger partial charge >= 0.3 is 0 Å². The standard InChI is InChI=1S/C23H24N2O/c26-23(20-11-13-22(14-12-20)24-15-6-7-16-24)25-17-5-4-10-21(18-25)19-8-2-1-3-9-19/h1-3,6-9,11-16,21H,4-5,10,17-18H2. The summed E-state index contributed by atoms with van der Waals surface area (Å²) in [5, 5.41) is 0. The van der Waals surface area contributed by atoms with Crippen molar-refractivity contribution in [2.24, 2.45) is 0 Å². The number of hydrogen-bond acceptors (Lipinski definition) is 1. The largest absolute Gasteiger partial charge is 0.338 e. The molecule has 1 aliphatic heterocycles. The summed E-state index contributed by atoms with van der Waals surface area (Å²) in [6, 6.07) is 22.5. The molecule has 1 aliphatic rings. The van der Waals surface area contributed by atoms with Gasteiger partial charge in [0.1, 0.15) is 0 Å². The lowest BCUT2D eigenvalue weighted by Crippen LogP contribution is -2.34. The summed E-state index contributed by atoms with van der Waals surface area (Å²) < 4.78 is 2.05. The maximum Gasteiger partial charge on any atom is 0.253 e. The van der Waals surface area contributed by atoms with E-state index >= 15 is 0 Å². The second-order valence-corrected chi connectivity index (χ2v) is 6.99. The molecule has 1 aromatic heterocycles. The zero-order valence-electron chi connectivity index (χ0n) is 14.9. The first kappa shape index (κ1) is 16.6. The van der Waals surface area contributed by atoms with Gasteiger partial charge in [0.15, 0.2) is 0 Å². The summed E-state index contributed by atoms with van der Waals surface area (Å²) in [5.74, 6) is 0.577. The number of rotatable bonds is 3. The highest BCUT2D eigenvalue weighted by Crippen LogP contribution is 2.27. The molecule has 0 saturated carbocycles. The first-order valence-electron chi connectivity index (χ1n) is 9.39. The summed E-state index contributed by atoms with van der Waals surface area (Å²) in [5.41, 5.74) is 3.19. The molecule has 1 amide bonds. The van der Waals surface area contributed by atoms with E-state index in [9.17, 15) is 4.79 Å². The van der Waals surface area contributed by atoms with E-state index in [4.69, 9.17) is 0 Å². The SMILES string of the molecule is O=C(c1ccc(-n2cccc2)cc1)N1CCCCC(c2ccccc2)C1. The summed E-state index contributed by atoms with van der Waals surface area (Å²) >= 11 is 0. The molecule has 0 radical (unpaired) electrons. The van der Waals surface area contributed by atoms with Gasteiger partial charge in [-0.25, -0.2) is 0 Å². The maximum atomic E-state index is 13.0. The van der Waals surface area contributed by atoms with Crippen LogP contribution in [0.1, 0.15) is 41.1 Å². The average molecular weight is 344 g/mol. The summed E-state index contributed by atoms with van der Waals surface area (Å²) in [6.45, 7) is 1.66. The number of aromatic nitrogens is 1. The van der Waals surface area contributed by atoms with Crippen molar-refractivity contribution >= 4 is 5.91 Å². The number of carbonyl (C=O) groups excluding carboxylic acids is 1. The lowest BCUT2D eigenvalue weighted by Gasteiger charge is -2.25. The summed E-state index contributed by atoms with van der Waals surface area (Å²) in [4.78, 5) is 15.1. The van der Waals surface area contributed by atoms with Crippen LogP contribution in [0, 0.1) is 0 Å². The van der Waals surface area contributed by atoms with Gasteiger partial charge in [0, 0.05) is 42.7 Å². The van der Waals surface area contributed by atoms with Crippen molar-refractivity contribution < 1.29 is 4.79 Å². The number of amides is 1. The molecule has 26 heavy (non-hydrogen) atoms. The molecule has 0 N–H and O–H groups in total. The van der Waals surface area contributed by atoms with Crippen LogP contribution < -0.4 is 0 Å². The first-order valence-corrected chi connectivity index (χ1v) is 9.39. The van der Waals surface area contributed by atoms with Crippen molar-refractivity contribution in [1.29, 1.82) is 0 Å². The van der Waals surface area contributed by atoms with Crippen molar-refractivity contribution in [1.82, 2.24) is 9.47 Å². The predicted octanol–water partition coefficient (Wildman–Crippen LogP) is 4.89. The third-order valence-electron chi connectivity index (χ3n) is 5.25. The molecule has 1 unspecified atom stereocenters. The van der Waals surface area contributed by atoms with Crippen molar-refractivity contribution in [2.75, 3.05) is 13.1 Å². The van der Waals surface area contributed by atoms with Crippen LogP contribution in [0.5, 0.6) is 0 Å². The third-order valence-corrected chi connectivity index (χ3v) is 5.25. The zero-order chi connectivity index (χ0) is 17.8. The van der Waals surface area contributed by atoms with Gasteiger partial charge < -0.3 is 9.47 Å². The fraction of sp³-hybridized carbons (Fsp3) is 0.261. The fourth-order valence-electron chi connectivity index (χ4n) is 3.79. The lowest BCUT2D eigenvalue weighted by atomic mass is 9.94. The van der Waals surface area contributed by atoms with Gasteiger partial charge in [0.2, 0.25) is 0 Å². The minimum Gasteiger partial charge on any atom is -0.338 e. The number of nitrogens with zero attached hydrogens (tertiary/aromatic N) is 2. The summed E-state index contributed by atoms with van der Waals surface area (Å²) in [7, 11) is 0. The quantitative estimate of drug-likeness (QED) is 0.664. The van der Waals surface area contributed by atoms with Gasteiger partial charge in [-0.3, -0.25) is 4.79 Å².